The molecule has 18 heavy (non-hydrogen) atoms. The standard InChI is InChI=1S/C13H11BrO4/c1-7-6-10(15)13(18,12(17)11(7)16)8-2-4-9(14)5-3-8/h2-6,12,17-18H,1H3/t12-,13+/m0/s1. The molecule has 0 aliphatic heterocycles. The van der Waals surface area contributed by atoms with Crippen molar-refractivity contribution >= 4 is 27.5 Å². The normalized spacial score (nSPS) is 28.2. The molecule has 5 heteroatoms. The average molecular weight is 311 g/mol. The maximum Gasteiger partial charge on any atom is 0.195 e. The summed E-state index contributed by atoms with van der Waals surface area (Å²) in [5.41, 5.74) is -1.85. The number of ketones is 2. The van der Waals surface area contributed by atoms with Crippen LogP contribution >= 0.6 is 15.9 Å². The van der Waals surface area contributed by atoms with Crippen LogP contribution in [0, 0.1) is 0 Å². The predicted octanol–water partition coefficient (Wildman–Crippen LogP) is 1.10. The molecule has 0 spiro atoms. The summed E-state index contributed by atoms with van der Waals surface area (Å²) < 4.78 is 0.769. The fourth-order valence-electron chi connectivity index (χ4n) is 1.92. The lowest BCUT2D eigenvalue weighted by Crippen LogP contribution is -2.53. The number of carbonyl (C=O) groups excluding carboxylic acids is 2. The van der Waals surface area contributed by atoms with Crippen molar-refractivity contribution in [3.8, 4) is 0 Å². The van der Waals surface area contributed by atoms with Crippen molar-refractivity contribution in [2.75, 3.05) is 0 Å². The van der Waals surface area contributed by atoms with Gasteiger partial charge in [-0.2, -0.15) is 0 Å². The summed E-state index contributed by atoms with van der Waals surface area (Å²) in [4.78, 5) is 23.6. The minimum Gasteiger partial charge on any atom is -0.381 e. The molecular formula is C13H11BrO4. The molecule has 4 nitrogen and oxygen atoms in total. The van der Waals surface area contributed by atoms with Gasteiger partial charge in [0, 0.05) is 4.47 Å². The Bertz CT molecular complexity index is 547. The molecule has 2 atom stereocenters. The van der Waals surface area contributed by atoms with Gasteiger partial charge in [0.1, 0.15) is 0 Å². The van der Waals surface area contributed by atoms with E-state index in [0.29, 0.717) is 0 Å². The van der Waals surface area contributed by atoms with Gasteiger partial charge in [0.25, 0.3) is 0 Å². The van der Waals surface area contributed by atoms with Gasteiger partial charge in [-0.05, 0) is 36.3 Å². The van der Waals surface area contributed by atoms with E-state index in [4.69, 9.17) is 0 Å². The Morgan fingerprint density at radius 3 is 2.33 bits per heavy atom. The minimum absolute atomic E-state index is 0.147. The molecular weight excluding hydrogens is 300 g/mol. The van der Waals surface area contributed by atoms with Crippen molar-refractivity contribution in [1.82, 2.24) is 0 Å². The summed E-state index contributed by atoms with van der Waals surface area (Å²) in [7, 11) is 0. The first-order valence-corrected chi connectivity index (χ1v) is 6.10. The first-order chi connectivity index (χ1) is 8.37. The van der Waals surface area contributed by atoms with E-state index in [1.54, 1.807) is 12.1 Å². The van der Waals surface area contributed by atoms with E-state index >= 15 is 0 Å². The van der Waals surface area contributed by atoms with E-state index in [-0.39, 0.29) is 11.1 Å². The summed E-state index contributed by atoms with van der Waals surface area (Å²) in [6, 6.07) is 6.24. The topological polar surface area (TPSA) is 74.6 Å². The fourth-order valence-corrected chi connectivity index (χ4v) is 2.19. The van der Waals surface area contributed by atoms with Crippen LogP contribution in [0.3, 0.4) is 0 Å². The summed E-state index contributed by atoms with van der Waals surface area (Å²) >= 11 is 3.23. The lowest BCUT2D eigenvalue weighted by Gasteiger charge is -2.33. The molecule has 0 bridgehead atoms. The van der Waals surface area contributed by atoms with E-state index in [0.717, 1.165) is 10.5 Å². The van der Waals surface area contributed by atoms with E-state index in [2.05, 4.69) is 15.9 Å². The molecule has 1 aliphatic rings. The van der Waals surface area contributed by atoms with Crippen molar-refractivity contribution in [1.29, 1.82) is 0 Å². The molecule has 1 aromatic rings. The number of rotatable bonds is 1. The number of Topliss-reactive ketones (excluding diaryl/α,β-unsaturated/α-hetero) is 1. The molecule has 2 rings (SSSR count). The van der Waals surface area contributed by atoms with Crippen LogP contribution in [-0.2, 0) is 15.2 Å². The molecule has 1 aromatic carbocycles. The third-order valence-corrected chi connectivity index (χ3v) is 3.57. The van der Waals surface area contributed by atoms with Crippen LogP contribution in [0.15, 0.2) is 40.4 Å². The largest absolute Gasteiger partial charge is 0.381 e. The molecule has 0 fully saturated rings. The molecule has 1 aliphatic carbocycles. The number of benzene rings is 1. The van der Waals surface area contributed by atoms with Crippen LogP contribution < -0.4 is 0 Å². The lowest BCUT2D eigenvalue weighted by atomic mass is 9.77. The van der Waals surface area contributed by atoms with Crippen molar-refractivity contribution in [3.63, 3.8) is 0 Å². The van der Waals surface area contributed by atoms with Gasteiger partial charge in [0.15, 0.2) is 23.3 Å². The molecule has 0 unspecified atom stereocenters. The number of aliphatic hydroxyl groups is 2. The van der Waals surface area contributed by atoms with Crippen molar-refractivity contribution in [2.24, 2.45) is 0 Å². The van der Waals surface area contributed by atoms with Crippen LogP contribution in [-0.4, -0.2) is 27.9 Å². The molecule has 0 aromatic heterocycles. The van der Waals surface area contributed by atoms with Gasteiger partial charge >= 0.3 is 0 Å². The lowest BCUT2D eigenvalue weighted by molar-refractivity contribution is -0.158. The number of hydrogen-bond donors (Lipinski definition) is 2. The molecule has 0 saturated carbocycles. The van der Waals surface area contributed by atoms with Crippen molar-refractivity contribution < 1.29 is 19.8 Å². The molecule has 0 heterocycles. The maximum atomic E-state index is 11.9. The first kappa shape index (κ1) is 13.1. The number of aliphatic hydroxyl groups excluding tert-OH is 1. The zero-order chi connectivity index (χ0) is 13.5. The third-order valence-electron chi connectivity index (χ3n) is 3.04. The number of halogens is 1. The van der Waals surface area contributed by atoms with Crippen LogP contribution in [0.2, 0.25) is 0 Å². The number of hydrogen-bond acceptors (Lipinski definition) is 4. The Morgan fingerprint density at radius 2 is 1.78 bits per heavy atom. The summed E-state index contributed by atoms with van der Waals surface area (Å²) in [6.07, 6.45) is -0.701. The summed E-state index contributed by atoms with van der Waals surface area (Å²) in [6.45, 7) is 1.44. The quantitative estimate of drug-likeness (QED) is 0.814. The highest BCUT2D eigenvalue weighted by molar-refractivity contribution is 9.10. The van der Waals surface area contributed by atoms with Crippen molar-refractivity contribution in [3.05, 3.63) is 46.0 Å². The molecule has 2 N–H and O–H groups in total. The zero-order valence-electron chi connectivity index (χ0n) is 9.55. The molecule has 0 radical (unpaired) electrons. The third kappa shape index (κ3) is 1.84. The molecule has 94 valence electrons. The predicted molar refractivity (Wildman–Crippen MR) is 67.8 cm³/mol. The van der Waals surface area contributed by atoms with Gasteiger partial charge in [0.2, 0.25) is 0 Å². The van der Waals surface area contributed by atoms with Crippen LogP contribution in [0.4, 0.5) is 0 Å². The van der Waals surface area contributed by atoms with Gasteiger partial charge < -0.3 is 10.2 Å². The Labute approximate surface area is 112 Å². The van der Waals surface area contributed by atoms with Crippen LogP contribution in [0.25, 0.3) is 0 Å². The van der Waals surface area contributed by atoms with E-state index in [1.807, 2.05) is 0 Å². The highest BCUT2D eigenvalue weighted by Gasteiger charge is 2.50. The van der Waals surface area contributed by atoms with Gasteiger partial charge in [-0.15, -0.1) is 0 Å². The SMILES string of the molecule is CC1=CC(=O)[C@](O)(c2ccc(Br)cc2)[C@@H](O)C1=O. The first-order valence-electron chi connectivity index (χ1n) is 5.31. The zero-order valence-corrected chi connectivity index (χ0v) is 11.1. The molecule has 0 saturated heterocycles. The Kier molecular flexibility index (Phi) is 3.23. The summed E-state index contributed by atoms with van der Waals surface area (Å²) in [5, 5.41) is 20.3. The van der Waals surface area contributed by atoms with Crippen LogP contribution in [0.1, 0.15) is 12.5 Å². The van der Waals surface area contributed by atoms with E-state index in [1.165, 1.54) is 19.1 Å². The second-order valence-corrected chi connectivity index (χ2v) is 5.15. The monoisotopic (exact) mass is 310 g/mol. The minimum atomic E-state index is -2.20. The highest BCUT2D eigenvalue weighted by atomic mass is 79.9. The van der Waals surface area contributed by atoms with E-state index in [9.17, 15) is 19.8 Å². The maximum absolute atomic E-state index is 11.9. The molecule has 0 amide bonds. The smallest absolute Gasteiger partial charge is 0.195 e. The highest BCUT2D eigenvalue weighted by Crippen LogP contribution is 2.33. The second kappa shape index (κ2) is 4.42. The summed E-state index contributed by atoms with van der Waals surface area (Å²) in [5.74, 6) is -1.32. The van der Waals surface area contributed by atoms with Gasteiger partial charge in [0.05, 0.1) is 0 Å². The van der Waals surface area contributed by atoms with Crippen LogP contribution in [0.5, 0.6) is 0 Å². The second-order valence-electron chi connectivity index (χ2n) is 4.23. The van der Waals surface area contributed by atoms with Gasteiger partial charge in [-0.25, -0.2) is 0 Å². The Hall–Kier alpha value is -1.30. The Balaban J connectivity index is 2.56. The van der Waals surface area contributed by atoms with Crippen molar-refractivity contribution in [2.45, 2.75) is 18.6 Å². The average Bonchev–Trinajstić information content (AvgIpc) is 2.35. The fraction of sp³-hybridized carbons (Fsp3) is 0.231. The van der Waals surface area contributed by atoms with Gasteiger partial charge in [-0.1, -0.05) is 28.1 Å². The Morgan fingerprint density at radius 1 is 1.22 bits per heavy atom. The van der Waals surface area contributed by atoms with E-state index < -0.39 is 23.3 Å². The number of carbonyl (C=O) groups is 2. The van der Waals surface area contributed by atoms with Gasteiger partial charge in [-0.3, -0.25) is 9.59 Å².